The van der Waals surface area contributed by atoms with E-state index >= 15 is 0 Å². The molecule has 0 spiro atoms. The lowest BCUT2D eigenvalue weighted by molar-refractivity contribution is 0.388. The van der Waals surface area contributed by atoms with Crippen LogP contribution in [0.5, 0.6) is 5.88 Å². The van der Waals surface area contributed by atoms with Crippen LogP contribution in [0.25, 0.3) is 5.65 Å². The first-order valence-electron chi connectivity index (χ1n) is 4.90. The molecule has 3 heterocycles. The highest BCUT2D eigenvalue weighted by Crippen LogP contribution is 2.32. The number of aromatic amines is 1. The number of aromatic nitrogens is 6. The van der Waals surface area contributed by atoms with Gasteiger partial charge in [0.05, 0.1) is 7.11 Å². The van der Waals surface area contributed by atoms with E-state index in [0.717, 1.165) is 0 Å². The Morgan fingerprint density at radius 2 is 2.33 bits per heavy atom. The minimum absolute atomic E-state index is 0.377. The molecule has 0 radical (unpaired) electrons. The molecular formula is C9H7ClN6OS. The van der Waals surface area contributed by atoms with Crippen molar-refractivity contribution < 1.29 is 4.74 Å². The smallest absolute Gasteiger partial charge is 0.249 e. The number of hydrogen-bond acceptors (Lipinski definition) is 6. The Balaban J connectivity index is 2.15. The van der Waals surface area contributed by atoms with Gasteiger partial charge in [-0.05, 0) is 23.9 Å². The van der Waals surface area contributed by atoms with Crippen LogP contribution in [0, 0.1) is 0 Å². The summed E-state index contributed by atoms with van der Waals surface area (Å²) in [5.74, 6) is 0.464. The van der Waals surface area contributed by atoms with Gasteiger partial charge in [-0.15, -0.1) is 0 Å². The lowest BCUT2D eigenvalue weighted by Crippen LogP contribution is -1.94. The Bertz CT molecular complexity index is 682. The quantitative estimate of drug-likeness (QED) is 0.787. The molecule has 0 fully saturated rings. The third kappa shape index (κ3) is 1.89. The molecular weight excluding hydrogens is 276 g/mol. The van der Waals surface area contributed by atoms with Gasteiger partial charge in [0.1, 0.15) is 11.5 Å². The van der Waals surface area contributed by atoms with Crippen molar-refractivity contribution in [2.75, 3.05) is 7.11 Å². The molecule has 0 saturated heterocycles. The summed E-state index contributed by atoms with van der Waals surface area (Å²) in [4.78, 5) is 8.32. The van der Waals surface area contributed by atoms with Crippen LogP contribution in [-0.2, 0) is 0 Å². The molecule has 92 valence electrons. The van der Waals surface area contributed by atoms with Crippen molar-refractivity contribution in [1.82, 2.24) is 29.8 Å². The number of fused-ring (bicyclic) bond motifs is 1. The highest BCUT2D eigenvalue weighted by atomic mass is 35.5. The van der Waals surface area contributed by atoms with Crippen molar-refractivity contribution in [3.8, 4) is 5.88 Å². The highest BCUT2D eigenvalue weighted by Gasteiger charge is 2.16. The number of H-pyrrole nitrogens is 1. The van der Waals surface area contributed by atoms with Crippen LogP contribution in [0.2, 0.25) is 5.15 Å². The third-order valence-corrected chi connectivity index (χ3v) is 3.29. The predicted molar refractivity (Wildman–Crippen MR) is 65.1 cm³/mol. The van der Waals surface area contributed by atoms with Crippen LogP contribution in [0.1, 0.15) is 0 Å². The minimum atomic E-state index is 0.377. The van der Waals surface area contributed by atoms with Gasteiger partial charge < -0.3 is 4.74 Å². The number of rotatable bonds is 3. The van der Waals surface area contributed by atoms with Crippen molar-refractivity contribution in [3.63, 3.8) is 0 Å². The van der Waals surface area contributed by atoms with Crippen LogP contribution in [0.3, 0.4) is 0 Å². The molecule has 7 nitrogen and oxygen atoms in total. The summed E-state index contributed by atoms with van der Waals surface area (Å²) in [5, 5.41) is 12.4. The lowest BCUT2D eigenvalue weighted by atomic mass is 10.6. The number of nitrogens with one attached hydrogen (secondary N) is 1. The molecule has 0 saturated carbocycles. The van der Waals surface area contributed by atoms with Crippen LogP contribution in [-0.4, -0.2) is 36.9 Å². The van der Waals surface area contributed by atoms with Gasteiger partial charge in [0.15, 0.2) is 15.8 Å². The second-order valence-corrected chi connectivity index (χ2v) is 4.61. The number of nitrogens with zero attached hydrogens (tertiary/aromatic N) is 5. The van der Waals surface area contributed by atoms with Gasteiger partial charge in [-0.3, -0.25) is 5.10 Å². The van der Waals surface area contributed by atoms with Gasteiger partial charge in [0, 0.05) is 0 Å². The van der Waals surface area contributed by atoms with Crippen LogP contribution in [0.4, 0.5) is 0 Å². The summed E-state index contributed by atoms with van der Waals surface area (Å²) in [6, 6.07) is 3.44. The molecule has 3 aromatic rings. The van der Waals surface area contributed by atoms with Gasteiger partial charge in [-0.1, -0.05) is 11.6 Å². The van der Waals surface area contributed by atoms with E-state index in [2.05, 4.69) is 25.3 Å². The fourth-order valence-corrected chi connectivity index (χ4v) is 2.38. The van der Waals surface area contributed by atoms with Crippen molar-refractivity contribution in [1.29, 1.82) is 0 Å². The maximum absolute atomic E-state index is 5.88. The summed E-state index contributed by atoms with van der Waals surface area (Å²) >= 11 is 7.19. The Hall–Kier alpha value is -1.80. The first kappa shape index (κ1) is 11.3. The lowest BCUT2D eigenvalue weighted by Gasteiger charge is -2.00. The van der Waals surface area contributed by atoms with Crippen molar-refractivity contribution in [3.05, 3.63) is 23.6 Å². The fraction of sp³-hybridized carbons (Fsp3) is 0.111. The number of methoxy groups -OCH3 is 1. The van der Waals surface area contributed by atoms with Gasteiger partial charge in [-0.2, -0.15) is 15.2 Å². The van der Waals surface area contributed by atoms with E-state index in [1.54, 1.807) is 23.8 Å². The number of imidazole rings is 1. The Kier molecular flexibility index (Phi) is 2.80. The van der Waals surface area contributed by atoms with E-state index in [1.165, 1.54) is 18.1 Å². The average Bonchev–Trinajstić information content (AvgIpc) is 2.98. The summed E-state index contributed by atoms with van der Waals surface area (Å²) in [6.45, 7) is 0. The zero-order valence-corrected chi connectivity index (χ0v) is 10.7. The molecule has 0 bridgehead atoms. The first-order chi connectivity index (χ1) is 8.78. The van der Waals surface area contributed by atoms with Crippen molar-refractivity contribution in [2.24, 2.45) is 0 Å². The molecule has 0 aliphatic carbocycles. The molecule has 18 heavy (non-hydrogen) atoms. The van der Waals surface area contributed by atoms with E-state index in [0.29, 0.717) is 26.9 Å². The molecule has 3 aromatic heterocycles. The molecule has 0 amide bonds. The van der Waals surface area contributed by atoms with Gasteiger partial charge in [0.25, 0.3) is 0 Å². The normalized spacial score (nSPS) is 11.0. The van der Waals surface area contributed by atoms with E-state index in [-0.39, 0.29) is 0 Å². The summed E-state index contributed by atoms with van der Waals surface area (Å²) in [5.41, 5.74) is 0.651. The first-order valence-corrected chi connectivity index (χ1v) is 6.10. The molecule has 0 aromatic carbocycles. The van der Waals surface area contributed by atoms with Crippen LogP contribution in [0.15, 0.2) is 28.6 Å². The van der Waals surface area contributed by atoms with Gasteiger partial charge in [-0.25, -0.2) is 9.50 Å². The number of hydrogen-bond donors (Lipinski definition) is 1. The molecule has 0 aliphatic heterocycles. The second kappa shape index (κ2) is 4.46. The second-order valence-electron chi connectivity index (χ2n) is 3.24. The summed E-state index contributed by atoms with van der Waals surface area (Å²) in [7, 11) is 1.55. The van der Waals surface area contributed by atoms with Crippen molar-refractivity contribution >= 4 is 29.0 Å². The highest BCUT2D eigenvalue weighted by molar-refractivity contribution is 7.99. The van der Waals surface area contributed by atoms with Gasteiger partial charge in [0.2, 0.25) is 5.88 Å². The average molecular weight is 283 g/mol. The Morgan fingerprint density at radius 1 is 1.44 bits per heavy atom. The number of ether oxygens (including phenoxy) is 1. The third-order valence-electron chi connectivity index (χ3n) is 2.15. The van der Waals surface area contributed by atoms with E-state index < -0.39 is 0 Å². The SMILES string of the molecule is COc1nc2ccc(Cl)nn2c1Sc1ncn[nH]1. The Morgan fingerprint density at radius 3 is 3.06 bits per heavy atom. The van der Waals surface area contributed by atoms with Crippen LogP contribution >= 0.6 is 23.4 Å². The standard InChI is InChI=1S/C9H7ClN6OS/c1-17-7-8(18-9-11-4-12-14-9)16-6(13-7)3-2-5(10)15-16/h2-4H,1H3,(H,11,12,14). The van der Waals surface area contributed by atoms with Gasteiger partial charge >= 0.3 is 0 Å². The fourth-order valence-electron chi connectivity index (χ4n) is 1.43. The molecule has 0 unspecified atom stereocenters. The van der Waals surface area contributed by atoms with Crippen molar-refractivity contribution in [2.45, 2.75) is 10.2 Å². The molecule has 0 atom stereocenters. The topological polar surface area (TPSA) is 81.0 Å². The number of halogens is 1. The molecule has 3 rings (SSSR count). The zero-order chi connectivity index (χ0) is 12.5. The van der Waals surface area contributed by atoms with E-state index in [4.69, 9.17) is 16.3 Å². The predicted octanol–water partition coefficient (Wildman–Crippen LogP) is 1.66. The zero-order valence-electron chi connectivity index (χ0n) is 9.16. The van der Waals surface area contributed by atoms with E-state index in [9.17, 15) is 0 Å². The Labute approximate surface area is 111 Å². The summed E-state index contributed by atoms with van der Waals surface area (Å²) < 4.78 is 6.83. The van der Waals surface area contributed by atoms with E-state index in [1.807, 2.05) is 0 Å². The molecule has 9 heteroatoms. The van der Waals surface area contributed by atoms with Crippen LogP contribution < -0.4 is 4.74 Å². The maximum Gasteiger partial charge on any atom is 0.249 e. The monoisotopic (exact) mass is 282 g/mol. The molecule has 0 aliphatic rings. The largest absolute Gasteiger partial charge is 0.479 e. The maximum atomic E-state index is 5.88. The minimum Gasteiger partial charge on any atom is -0.479 e. The summed E-state index contributed by atoms with van der Waals surface area (Å²) in [6.07, 6.45) is 1.43. The molecule has 1 N–H and O–H groups in total.